The number of nitrogens with one attached hydrogen (secondary N) is 1. The predicted molar refractivity (Wildman–Crippen MR) is 60.8 cm³/mol. The lowest BCUT2D eigenvalue weighted by Crippen LogP contribution is -2.34. The van der Waals surface area contributed by atoms with Crippen LogP contribution in [0.4, 0.5) is 10.2 Å². The first kappa shape index (κ1) is 10.0. The fourth-order valence-electron chi connectivity index (χ4n) is 2.93. The molecule has 4 heteroatoms. The van der Waals surface area contributed by atoms with Gasteiger partial charge in [0.1, 0.15) is 5.82 Å². The lowest BCUT2D eigenvalue weighted by Gasteiger charge is -2.21. The molecule has 86 valence electrons. The SMILES string of the molecule is Fc1cccc(NC2CCN3CCCC23)n1. The van der Waals surface area contributed by atoms with Gasteiger partial charge in [-0.2, -0.15) is 4.39 Å². The normalized spacial score (nSPS) is 29.3. The van der Waals surface area contributed by atoms with E-state index >= 15 is 0 Å². The standard InChI is InChI=1S/C12H16FN3/c13-11-4-1-5-12(15-11)14-9-6-8-16-7-2-3-10(9)16/h1,4-5,9-10H,2-3,6-8H2,(H,14,15). The molecule has 0 radical (unpaired) electrons. The Kier molecular flexibility index (Phi) is 2.52. The molecule has 1 aromatic heterocycles. The van der Waals surface area contributed by atoms with Crippen LogP contribution in [0.5, 0.6) is 0 Å². The highest BCUT2D eigenvalue weighted by Gasteiger charge is 2.37. The van der Waals surface area contributed by atoms with Crippen LogP contribution in [0.1, 0.15) is 19.3 Å². The summed E-state index contributed by atoms with van der Waals surface area (Å²) in [4.78, 5) is 6.38. The maximum Gasteiger partial charge on any atom is 0.214 e. The van der Waals surface area contributed by atoms with Crippen molar-refractivity contribution in [2.45, 2.75) is 31.3 Å². The van der Waals surface area contributed by atoms with Gasteiger partial charge in [-0.05, 0) is 37.9 Å². The van der Waals surface area contributed by atoms with Gasteiger partial charge in [-0.25, -0.2) is 4.98 Å². The summed E-state index contributed by atoms with van der Waals surface area (Å²) < 4.78 is 12.9. The summed E-state index contributed by atoms with van der Waals surface area (Å²) in [7, 11) is 0. The smallest absolute Gasteiger partial charge is 0.214 e. The van der Waals surface area contributed by atoms with Crippen molar-refractivity contribution in [1.29, 1.82) is 0 Å². The lowest BCUT2D eigenvalue weighted by atomic mass is 10.1. The van der Waals surface area contributed by atoms with E-state index in [4.69, 9.17) is 0 Å². The van der Waals surface area contributed by atoms with Crippen molar-refractivity contribution in [1.82, 2.24) is 9.88 Å². The number of halogens is 1. The third kappa shape index (κ3) is 1.78. The summed E-state index contributed by atoms with van der Waals surface area (Å²) >= 11 is 0. The molecule has 1 N–H and O–H groups in total. The van der Waals surface area contributed by atoms with Gasteiger partial charge in [-0.15, -0.1) is 0 Å². The molecule has 3 rings (SSSR count). The average molecular weight is 221 g/mol. The summed E-state index contributed by atoms with van der Waals surface area (Å²) in [5.74, 6) is 0.255. The number of aromatic nitrogens is 1. The molecule has 0 spiro atoms. The van der Waals surface area contributed by atoms with Gasteiger partial charge < -0.3 is 5.32 Å². The topological polar surface area (TPSA) is 28.2 Å². The van der Waals surface area contributed by atoms with Crippen molar-refractivity contribution in [3.63, 3.8) is 0 Å². The van der Waals surface area contributed by atoms with Crippen molar-refractivity contribution in [2.24, 2.45) is 0 Å². The predicted octanol–water partition coefficient (Wildman–Crippen LogP) is 1.87. The third-order valence-electron chi connectivity index (χ3n) is 3.65. The molecule has 0 amide bonds. The molecule has 0 aromatic carbocycles. The molecule has 2 aliphatic heterocycles. The highest BCUT2D eigenvalue weighted by molar-refractivity contribution is 5.36. The Morgan fingerprint density at radius 1 is 1.31 bits per heavy atom. The number of hydrogen-bond acceptors (Lipinski definition) is 3. The number of rotatable bonds is 2. The summed E-state index contributed by atoms with van der Waals surface area (Å²) in [6.07, 6.45) is 3.69. The number of fused-ring (bicyclic) bond motifs is 1. The van der Waals surface area contributed by atoms with Gasteiger partial charge in [0.15, 0.2) is 0 Å². The number of anilines is 1. The fraction of sp³-hybridized carbons (Fsp3) is 0.583. The van der Waals surface area contributed by atoms with E-state index in [1.165, 1.54) is 25.5 Å². The van der Waals surface area contributed by atoms with E-state index < -0.39 is 5.95 Å². The largest absolute Gasteiger partial charge is 0.366 e. The first-order valence-electron chi connectivity index (χ1n) is 5.96. The Labute approximate surface area is 94.7 Å². The van der Waals surface area contributed by atoms with E-state index in [1.54, 1.807) is 6.07 Å². The van der Waals surface area contributed by atoms with Crippen LogP contribution in [-0.4, -0.2) is 35.1 Å². The van der Waals surface area contributed by atoms with Gasteiger partial charge >= 0.3 is 0 Å². The van der Waals surface area contributed by atoms with E-state index in [-0.39, 0.29) is 0 Å². The number of hydrogen-bond donors (Lipinski definition) is 1. The number of nitrogens with zero attached hydrogens (tertiary/aromatic N) is 2. The van der Waals surface area contributed by atoms with Gasteiger partial charge in [-0.1, -0.05) is 6.07 Å². The summed E-state index contributed by atoms with van der Waals surface area (Å²) in [5.41, 5.74) is 0. The minimum Gasteiger partial charge on any atom is -0.366 e. The second-order valence-electron chi connectivity index (χ2n) is 4.63. The monoisotopic (exact) mass is 221 g/mol. The van der Waals surface area contributed by atoms with Crippen molar-refractivity contribution in [3.05, 3.63) is 24.1 Å². The van der Waals surface area contributed by atoms with Crippen LogP contribution in [0.3, 0.4) is 0 Å². The quantitative estimate of drug-likeness (QED) is 0.773. The van der Waals surface area contributed by atoms with Crippen LogP contribution < -0.4 is 5.32 Å². The van der Waals surface area contributed by atoms with Gasteiger partial charge in [-0.3, -0.25) is 4.90 Å². The first-order valence-corrected chi connectivity index (χ1v) is 5.96. The molecule has 2 fully saturated rings. The second kappa shape index (κ2) is 4.01. The third-order valence-corrected chi connectivity index (χ3v) is 3.65. The van der Waals surface area contributed by atoms with E-state index in [2.05, 4.69) is 15.2 Å². The van der Waals surface area contributed by atoms with Crippen LogP contribution in [0, 0.1) is 5.95 Å². The molecule has 0 saturated carbocycles. The maximum absolute atomic E-state index is 12.9. The van der Waals surface area contributed by atoms with Crippen LogP contribution in [0.15, 0.2) is 18.2 Å². The Bertz CT molecular complexity index is 382. The van der Waals surface area contributed by atoms with E-state index in [0.717, 1.165) is 13.0 Å². The summed E-state index contributed by atoms with van der Waals surface area (Å²) in [6, 6.07) is 5.98. The van der Waals surface area contributed by atoms with Crippen molar-refractivity contribution < 1.29 is 4.39 Å². The van der Waals surface area contributed by atoms with Crippen molar-refractivity contribution in [3.8, 4) is 0 Å². The highest BCUT2D eigenvalue weighted by atomic mass is 19.1. The molecule has 3 nitrogen and oxygen atoms in total. The van der Waals surface area contributed by atoms with Crippen LogP contribution in [0.25, 0.3) is 0 Å². The van der Waals surface area contributed by atoms with Crippen LogP contribution in [0.2, 0.25) is 0 Å². The second-order valence-corrected chi connectivity index (χ2v) is 4.63. The zero-order valence-corrected chi connectivity index (χ0v) is 9.19. The summed E-state index contributed by atoms with van der Waals surface area (Å²) in [5, 5.41) is 3.36. The molecule has 0 bridgehead atoms. The molecule has 1 aromatic rings. The molecular weight excluding hydrogens is 205 g/mol. The Balaban J connectivity index is 1.71. The molecule has 2 atom stereocenters. The molecule has 2 unspecified atom stereocenters. The zero-order valence-electron chi connectivity index (χ0n) is 9.19. The van der Waals surface area contributed by atoms with Gasteiger partial charge in [0.05, 0.1) is 0 Å². The molecule has 2 saturated heterocycles. The molecule has 2 aliphatic rings. The van der Waals surface area contributed by atoms with Crippen LogP contribution in [-0.2, 0) is 0 Å². The highest BCUT2D eigenvalue weighted by Crippen LogP contribution is 2.29. The van der Waals surface area contributed by atoms with E-state index in [9.17, 15) is 4.39 Å². The first-order chi connectivity index (χ1) is 7.83. The van der Waals surface area contributed by atoms with E-state index in [1.807, 2.05) is 6.07 Å². The van der Waals surface area contributed by atoms with Crippen LogP contribution >= 0.6 is 0 Å². The average Bonchev–Trinajstić information content (AvgIpc) is 2.83. The molecule has 3 heterocycles. The Hall–Kier alpha value is -1.16. The van der Waals surface area contributed by atoms with Gasteiger partial charge in [0, 0.05) is 18.6 Å². The van der Waals surface area contributed by atoms with E-state index in [0.29, 0.717) is 17.9 Å². The van der Waals surface area contributed by atoms with Gasteiger partial charge in [0.25, 0.3) is 0 Å². The Morgan fingerprint density at radius 2 is 2.25 bits per heavy atom. The van der Waals surface area contributed by atoms with Crippen molar-refractivity contribution >= 4 is 5.82 Å². The molecule has 16 heavy (non-hydrogen) atoms. The summed E-state index contributed by atoms with van der Waals surface area (Å²) in [6.45, 7) is 2.39. The fourth-order valence-corrected chi connectivity index (χ4v) is 2.93. The molecule has 0 aliphatic carbocycles. The number of pyridine rings is 1. The molecular formula is C12H16FN3. The van der Waals surface area contributed by atoms with Crippen molar-refractivity contribution in [2.75, 3.05) is 18.4 Å². The Morgan fingerprint density at radius 3 is 3.12 bits per heavy atom. The minimum absolute atomic E-state index is 0.411. The van der Waals surface area contributed by atoms with Gasteiger partial charge in [0.2, 0.25) is 5.95 Å². The minimum atomic E-state index is -0.411. The lowest BCUT2D eigenvalue weighted by molar-refractivity contribution is 0.318. The zero-order chi connectivity index (χ0) is 11.0. The maximum atomic E-state index is 12.9.